The first kappa shape index (κ1) is 38.5. The predicted octanol–water partition coefficient (Wildman–Crippen LogP) is -7.39. The summed E-state index contributed by atoms with van der Waals surface area (Å²) in [6, 6.07) is -2.57. The van der Waals surface area contributed by atoms with Crippen LogP contribution in [0.15, 0.2) is 0 Å². The fraction of sp³-hybridized carbons (Fsp3) is 0.929. The monoisotopic (exact) mass is 714 g/mol. The van der Waals surface area contributed by atoms with Crippen molar-refractivity contribution in [3.05, 3.63) is 0 Å². The minimum Gasteiger partial charge on any atom is -0.394 e. The molecular weight excluding hydrogens is 668 g/mol. The van der Waals surface area contributed by atoms with Gasteiger partial charge in [-0.2, -0.15) is 0 Å². The maximum atomic E-state index is 12.2. The Morgan fingerprint density at radius 2 is 1.16 bits per heavy atom. The van der Waals surface area contributed by atoms with Crippen molar-refractivity contribution in [2.75, 3.05) is 19.8 Å². The van der Waals surface area contributed by atoms with E-state index in [2.05, 4.69) is 10.6 Å². The number of aliphatic hydroxyl groups is 9. The molecule has 0 aliphatic carbocycles. The van der Waals surface area contributed by atoms with Crippen molar-refractivity contribution < 1.29 is 93.4 Å². The normalized spacial score (nSPS) is 50.1. The number of carbonyl (C=O) groups excluding carboxylic acids is 2. The van der Waals surface area contributed by atoms with Gasteiger partial charge >= 0.3 is 0 Å². The van der Waals surface area contributed by atoms with Crippen molar-refractivity contribution >= 4 is 11.8 Å². The Labute approximate surface area is 279 Å². The second-order valence-corrected chi connectivity index (χ2v) is 12.7. The van der Waals surface area contributed by atoms with Crippen molar-refractivity contribution in [1.29, 1.82) is 0 Å². The third-order valence-electron chi connectivity index (χ3n) is 9.20. The van der Waals surface area contributed by atoms with Gasteiger partial charge in [-0.3, -0.25) is 9.59 Å². The molecule has 0 aromatic carbocycles. The van der Waals surface area contributed by atoms with Gasteiger partial charge in [0.1, 0.15) is 91.4 Å². The lowest BCUT2D eigenvalue weighted by Crippen LogP contribution is -2.69. The van der Waals surface area contributed by atoms with Gasteiger partial charge in [-0.05, 0) is 6.92 Å². The number of nitrogens with one attached hydrogen (secondary N) is 2. The zero-order valence-electron chi connectivity index (χ0n) is 26.8. The second-order valence-electron chi connectivity index (χ2n) is 12.7. The van der Waals surface area contributed by atoms with Crippen LogP contribution < -0.4 is 10.6 Å². The summed E-state index contributed by atoms with van der Waals surface area (Å²) in [5, 5.41) is 99.5. The topological polar surface area (TPSA) is 314 Å². The molecule has 2 amide bonds. The van der Waals surface area contributed by atoms with Crippen LogP contribution in [0.25, 0.3) is 0 Å². The number of carbonyl (C=O) groups is 2. The van der Waals surface area contributed by atoms with Crippen LogP contribution in [0.4, 0.5) is 0 Å². The summed E-state index contributed by atoms with van der Waals surface area (Å²) >= 11 is 0. The van der Waals surface area contributed by atoms with E-state index in [1.165, 1.54) is 13.8 Å². The molecule has 49 heavy (non-hydrogen) atoms. The molecule has 21 heteroatoms. The van der Waals surface area contributed by atoms with E-state index >= 15 is 0 Å². The average Bonchev–Trinajstić information content (AvgIpc) is 3.50. The molecule has 0 aromatic rings. The lowest BCUT2D eigenvalue weighted by molar-refractivity contribution is -0.372. The Balaban J connectivity index is 1.41. The maximum absolute atomic E-state index is 12.2. The van der Waals surface area contributed by atoms with E-state index in [1.54, 1.807) is 0 Å². The van der Waals surface area contributed by atoms with E-state index in [1.807, 2.05) is 0 Å². The van der Waals surface area contributed by atoms with E-state index in [9.17, 15) is 55.5 Å². The first-order valence-corrected chi connectivity index (χ1v) is 15.9. The van der Waals surface area contributed by atoms with Gasteiger partial charge < -0.3 is 94.5 Å². The van der Waals surface area contributed by atoms with Gasteiger partial charge in [-0.1, -0.05) is 0 Å². The fourth-order valence-electron chi connectivity index (χ4n) is 6.59. The number of hydrogen-bond acceptors (Lipinski definition) is 19. The van der Waals surface area contributed by atoms with E-state index in [0.29, 0.717) is 0 Å². The molecule has 5 fully saturated rings. The SMILES string of the molecule is CC(=O)N[C@H]1[C@@H](O[C@H]2[C@@H](O)[C@@H](CO)O[C@@H](O[C@H]3[C@H](O[C@@H]4O[C@@H](C)[C@@H](O)[C@@H](O)[C@@H]4O)[C@@H](NC(C)=O)[C@@H]4OC[C@H]3O4)[C@@H]2O)O[C@H](CO)[C@H](O)[C@@H]1O. The molecule has 0 aromatic heterocycles. The van der Waals surface area contributed by atoms with Gasteiger partial charge in [-0.15, -0.1) is 0 Å². The molecule has 5 aliphatic heterocycles. The van der Waals surface area contributed by atoms with Crippen molar-refractivity contribution in [1.82, 2.24) is 10.6 Å². The summed E-state index contributed by atoms with van der Waals surface area (Å²) in [5.41, 5.74) is 0. The van der Waals surface area contributed by atoms with Gasteiger partial charge in [0.15, 0.2) is 25.2 Å². The molecule has 5 saturated heterocycles. The Bertz CT molecular complexity index is 1140. The Hall–Kier alpha value is -1.74. The highest BCUT2D eigenvalue weighted by molar-refractivity contribution is 5.73. The van der Waals surface area contributed by atoms with E-state index in [-0.39, 0.29) is 6.61 Å². The fourth-order valence-corrected chi connectivity index (χ4v) is 6.59. The molecule has 5 aliphatic rings. The lowest BCUT2D eigenvalue weighted by atomic mass is 9.94. The van der Waals surface area contributed by atoms with E-state index in [4.69, 9.17) is 37.9 Å². The number of amides is 2. The second kappa shape index (κ2) is 15.9. The van der Waals surface area contributed by atoms with Gasteiger partial charge in [0, 0.05) is 13.8 Å². The van der Waals surface area contributed by atoms with Crippen LogP contribution in [0, 0.1) is 0 Å². The number of fused-ring (bicyclic) bond motifs is 2. The summed E-state index contributed by atoms with van der Waals surface area (Å²) in [6.45, 7) is 2.07. The van der Waals surface area contributed by atoms with E-state index in [0.717, 1.165) is 6.92 Å². The minimum atomic E-state index is -1.91. The first-order valence-electron chi connectivity index (χ1n) is 15.9. The zero-order chi connectivity index (χ0) is 35.9. The minimum absolute atomic E-state index is 0.108. The van der Waals surface area contributed by atoms with Gasteiger partial charge in [0.25, 0.3) is 0 Å². The standard InChI is InChI=1S/C28H46N2O19/c1-7-15(35)19(39)20(40)27(43-7)48-23-14(30-9(3)34)25-42-6-12(46-25)22(23)47-28-21(41)24(17(37)11(5-32)45-28)49-26-13(29-8(2)33)18(38)16(36)10(4-31)44-26/h7,10-28,31-32,35-41H,4-6H2,1-3H3,(H,29,33)(H,30,34)/t7-,10+,11+,12+,13+,14+,15+,16-,17-,18+,19+,20-,21+,22+,23+,24-,25+,26+,27-,28-/m0/s1. The zero-order valence-corrected chi connectivity index (χ0v) is 26.8. The van der Waals surface area contributed by atoms with Crippen molar-refractivity contribution in [3.63, 3.8) is 0 Å². The lowest BCUT2D eigenvalue weighted by Gasteiger charge is -2.49. The number of rotatable bonds is 10. The number of aliphatic hydroxyl groups excluding tert-OH is 9. The van der Waals surface area contributed by atoms with Crippen LogP contribution in [0.1, 0.15) is 20.8 Å². The summed E-state index contributed by atoms with van der Waals surface area (Å²) < 4.78 is 46.6. The predicted molar refractivity (Wildman–Crippen MR) is 152 cm³/mol. The molecule has 11 N–H and O–H groups in total. The molecule has 21 nitrogen and oxygen atoms in total. The Morgan fingerprint density at radius 1 is 0.612 bits per heavy atom. The molecule has 5 rings (SSSR count). The van der Waals surface area contributed by atoms with Crippen LogP contribution in [-0.2, 0) is 47.5 Å². The third-order valence-corrected chi connectivity index (χ3v) is 9.20. The smallest absolute Gasteiger partial charge is 0.217 e. The summed E-state index contributed by atoms with van der Waals surface area (Å²) in [7, 11) is 0. The van der Waals surface area contributed by atoms with Gasteiger partial charge in [0.05, 0.1) is 25.9 Å². The molecule has 0 radical (unpaired) electrons. The van der Waals surface area contributed by atoms with Gasteiger partial charge in [0.2, 0.25) is 11.8 Å². The van der Waals surface area contributed by atoms with Crippen LogP contribution in [-0.4, -0.2) is 200 Å². The molecule has 0 saturated carbocycles. The van der Waals surface area contributed by atoms with Crippen LogP contribution in [0.3, 0.4) is 0 Å². The van der Waals surface area contributed by atoms with Crippen molar-refractivity contribution in [2.45, 2.75) is 143 Å². The van der Waals surface area contributed by atoms with Crippen LogP contribution in [0.5, 0.6) is 0 Å². The Kier molecular flexibility index (Phi) is 12.5. The van der Waals surface area contributed by atoms with Gasteiger partial charge in [-0.25, -0.2) is 0 Å². The Morgan fingerprint density at radius 3 is 1.80 bits per heavy atom. The number of ether oxygens (including phenoxy) is 8. The highest BCUT2D eigenvalue weighted by Crippen LogP contribution is 2.37. The molecule has 0 spiro atoms. The first-order chi connectivity index (χ1) is 23.2. The molecule has 0 unspecified atom stereocenters. The highest BCUT2D eigenvalue weighted by atomic mass is 16.8. The molecule has 2 bridgehead atoms. The quantitative estimate of drug-likeness (QED) is 0.100. The summed E-state index contributed by atoms with van der Waals surface area (Å²) in [6.07, 6.45) is -27.1. The number of hydrogen-bond donors (Lipinski definition) is 11. The van der Waals surface area contributed by atoms with Crippen LogP contribution in [0.2, 0.25) is 0 Å². The van der Waals surface area contributed by atoms with Crippen LogP contribution >= 0.6 is 0 Å². The average molecular weight is 715 g/mol. The molecule has 20 atom stereocenters. The summed E-state index contributed by atoms with van der Waals surface area (Å²) in [4.78, 5) is 24.1. The molecule has 5 heterocycles. The summed E-state index contributed by atoms with van der Waals surface area (Å²) in [5.74, 6) is -1.19. The van der Waals surface area contributed by atoms with E-state index < -0.39 is 148 Å². The largest absolute Gasteiger partial charge is 0.394 e. The van der Waals surface area contributed by atoms with Crippen molar-refractivity contribution in [3.8, 4) is 0 Å². The molecular formula is C28H46N2O19. The molecule has 282 valence electrons. The van der Waals surface area contributed by atoms with Crippen molar-refractivity contribution in [2.24, 2.45) is 0 Å². The highest BCUT2D eigenvalue weighted by Gasteiger charge is 2.58. The maximum Gasteiger partial charge on any atom is 0.217 e. The third kappa shape index (κ3) is 7.88.